The van der Waals surface area contributed by atoms with E-state index in [-0.39, 0.29) is 16.6 Å². The summed E-state index contributed by atoms with van der Waals surface area (Å²) >= 11 is 6.27. The summed E-state index contributed by atoms with van der Waals surface area (Å²) in [5.74, 6) is -0.644. The van der Waals surface area contributed by atoms with Gasteiger partial charge in [-0.05, 0) is 63.1 Å². The number of allylic oxidation sites excluding steroid dienone is 3. The van der Waals surface area contributed by atoms with Crippen LogP contribution < -0.4 is 10.2 Å². The number of halogens is 1. The third-order valence-corrected chi connectivity index (χ3v) is 5.37. The quantitative estimate of drug-likeness (QED) is 0.684. The summed E-state index contributed by atoms with van der Waals surface area (Å²) in [5, 5.41) is 2.77. The normalized spacial score (nSPS) is 16.2. The van der Waals surface area contributed by atoms with E-state index in [9.17, 15) is 9.59 Å². The second-order valence-electron chi connectivity index (χ2n) is 8.17. The number of aliphatic imine (C=N–C) groups is 1. The fourth-order valence-corrected chi connectivity index (χ4v) is 3.11. The molecule has 0 saturated heterocycles. The Morgan fingerprint density at radius 1 is 1.17 bits per heavy atom. The van der Waals surface area contributed by atoms with Gasteiger partial charge in [-0.15, -0.1) is 0 Å². The number of rotatable bonds is 5. The maximum atomic E-state index is 12.5. The zero-order chi connectivity index (χ0) is 21.9. The van der Waals surface area contributed by atoms with E-state index in [0.29, 0.717) is 11.3 Å². The van der Waals surface area contributed by atoms with Crippen LogP contribution in [0.5, 0.6) is 0 Å². The lowest BCUT2D eigenvalue weighted by molar-refractivity contribution is -0.128. The standard InChI is InChI=1S/C23H30ClN3O2/c1-8-27(9-2)16-10-11-17(14(3)12-16)25-18-13-19(21(28)20(24)15(18)4)26-22(29)23(5,6)7/h10-13H,8-9H2,1-7H3,(H,26,29). The first-order valence-corrected chi connectivity index (χ1v) is 10.3. The van der Waals surface area contributed by atoms with Gasteiger partial charge in [0.1, 0.15) is 0 Å². The predicted molar refractivity (Wildman–Crippen MR) is 121 cm³/mol. The maximum absolute atomic E-state index is 12.5. The van der Waals surface area contributed by atoms with E-state index in [2.05, 4.69) is 30.1 Å². The molecule has 156 valence electrons. The Morgan fingerprint density at radius 2 is 1.79 bits per heavy atom. The SMILES string of the molecule is CCN(CC)c1ccc(N=C2C=C(NC(=O)C(C)(C)C)C(=O)C(Cl)=C2C)c(C)c1. The lowest BCUT2D eigenvalue weighted by Gasteiger charge is -2.22. The number of ketones is 1. The molecule has 5 nitrogen and oxygen atoms in total. The Balaban J connectivity index is 2.44. The molecule has 1 amide bonds. The van der Waals surface area contributed by atoms with Crippen LogP contribution in [0.15, 0.2) is 45.6 Å². The van der Waals surface area contributed by atoms with Crippen molar-refractivity contribution >= 4 is 40.4 Å². The van der Waals surface area contributed by atoms with Gasteiger partial charge in [-0.25, -0.2) is 4.99 Å². The highest BCUT2D eigenvalue weighted by molar-refractivity contribution is 6.49. The minimum Gasteiger partial charge on any atom is -0.372 e. The summed E-state index contributed by atoms with van der Waals surface area (Å²) in [4.78, 5) is 31.9. The number of carbonyl (C=O) groups is 2. The average Bonchev–Trinajstić information content (AvgIpc) is 2.65. The first-order valence-electron chi connectivity index (χ1n) is 9.88. The molecule has 0 radical (unpaired) electrons. The summed E-state index contributed by atoms with van der Waals surface area (Å²) in [7, 11) is 0. The number of hydrogen-bond acceptors (Lipinski definition) is 4. The highest BCUT2D eigenvalue weighted by Gasteiger charge is 2.29. The van der Waals surface area contributed by atoms with E-state index in [0.717, 1.165) is 30.0 Å². The van der Waals surface area contributed by atoms with Crippen LogP contribution in [0.3, 0.4) is 0 Å². The highest BCUT2D eigenvalue weighted by Crippen LogP contribution is 2.29. The van der Waals surface area contributed by atoms with Gasteiger partial charge in [-0.1, -0.05) is 32.4 Å². The van der Waals surface area contributed by atoms with Gasteiger partial charge in [0, 0.05) is 24.2 Å². The Hall–Kier alpha value is -2.40. The number of Topliss-reactive ketones (excluding diaryl/α,β-unsaturated/α-hetero) is 1. The molecule has 1 aliphatic carbocycles. The summed E-state index contributed by atoms with van der Waals surface area (Å²) in [6, 6.07) is 6.11. The van der Waals surface area contributed by atoms with Crippen molar-refractivity contribution in [3.63, 3.8) is 0 Å². The molecule has 0 heterocycles. The molecule has 0 aromatic heterocycles. The lowest BCUT2D eigenvalue weighted by Crippen LogP contribution is -2.38. The predicted octanol–water partition coefficient (Wildman–Crippen LogP) is 5.06. The minimum absolute atomic E-state index is 0.0767. The Kier molecular flexibility index (Phi) is 7.06. The van der Waals surface area contributed by atoms with Crippen molar-refractivity contribution in [2.24, 2.45) is 10.4 Å². The van der Waals surface area contributed by atoms with Crippen molar-refractivity contribution in [3.8, 4) is 0 Å². The summed E-state index contributed by atoms with van der Waals surface area (Å²) < 4.78 is 0. The second-order valence-corrected chi connectivity index (χ2v) is 8.55. The molecule has 29 heavy (non-hydrogen) atoms. The Bertz CT molecular complexity index is 917. The molecule has 1 N–H and O–H groups in total. The molecule has 1 aliphatic rings. The molecule has 0 atom stereocenters. The molecule has 2 rings (SSSR count). The Morgan fingerprint density at radius 3 is 2.31 bits per heavy atom. The van der Waals surface area contributed by atoms with Gasteiger partial charge in [0.2, 0.25) is 11.7 Å². The van der Waals surface area contributed by atoms with Gasteiger partial charge in [-0.3, -0.25) is 9.59 Å². The van der Waals surface area contributed by atoms with Crippen LogP contribution in [-0.2, 0) is 9.59 Å². The van der Waals surface area contributed by atoms with E-state index >= 15 is 0 Å². The van der Waals surface area contributed by atoms with Crippen LogP contribution in [0.25, 0.3) is 0 Å². The van der Waals surface area contributed by atoms with Crippen LogP contribution in [-0.4, -0.2) is 30.5 Å². The van der Waals surface area contributed by atoms with Crippen LogP contribution in [0, 0.1) is 12.3 Å². The fourth-order valence-electron chi connectivity index (χ4n) is 2.91. The summed E-state index contributed by atoms with van der Waals surface area (Å²) in [6.45, 7) is 15.2. The largest absolute Gasteiger partial charge is 0.372 e. The van der Waals surface area contributed by atoms with Crippen LogP contribution in [0.2, 0.25) is 0 Å². The van der Waals surface area contributed by atoms with Crippen molar-refractivity contribution in [2.75, 3.05) is 18.0 Å². The summed E-state index contributed by atoms with van der Waals surface area (Å²) in [6.07, 6.45) is 1.60. The van der Waals surface area contributed by atoms with Crippen LogP contribution in [0.1, 0.15) is 47.1 Å². The molecule has 0 aliphatic heterocycles. The number of aryl methyl sites for hydroxylation is 1. The average molecular weight is 416 g/mol. The van der Waals surface area contributed by atoms with Gasteiger partial charge >= 0.3 is 0 Å². The smallest absolute Gasteiger partial charge is 0.229 e. The highest BCUT2D eigenvalue weighted by atomic mass is 35.5. The third kappa shape index (κ3) is 5.15. The first kappa shape index (κ1) is 22.9. The zero-order valence-corrected chi connectivity index (χ0v) is 19.1. The number of hydrogen-bond donors (Lipinski definition) is 1. The molecule has 6 heteroatoms. The second kappa shape index (κ2) is 8.95. The molecule has 0 fully saturated rings. The molecule has 0 saturated carbocycles. The van der Waals surface area contributed by atoms with E-state index in [1.54, 1.807) is 33.8 Å². The van der Waals surface area contributed by atoms with E-state index in [1.165, 1.54) is 0 Å². The van der Waals surface area contributed by atoms with Crippen molar-refractivity contribution < 1.29 is 9.59 Å². The topological polar surface area (TPSA) is 61.8 Å². The van der Waals surface area contributed by atoms with Crippen molar-refractivity contribution in [3.05, 3.63) is 46.1 Å². The minimum atomic E-state index is -0.627. The monoisotopic (exact) mass is 415 g/mol. The van der Waals surface area contributed by atoms with Crippen LogP contribution >= 0.6 is 11.6 Å². The number of nitrogens with zero attached hydrogens (tertiary/aromatic N) is 2. The number of amides is 1. The first-order chi connectivity index (χ1) is 13.5. The summed E-state index contributed by atoms with van der Waals surface area (Å²) in [5.41, 5.74) is 3.65. The zero-order valence-electron chi connectivity index (χ0n) is 18.3. The number of benzene rings is 1. The van der Waals surface area contributed by atoms with E-state index in [1.807, 2.05) is 19.1 Å². The lowest BCUT2D eigenvalue weighted by atomic mass is 9.94. The molecule has 0 unspecified atom stereocenters. The van der Waals surface area contributed by atoms with E-state index in [4.69, 9.17) is 16.6 Å². The van der Waals surface area contributed by atoms with Crippen molar-refractivity contribution in [1.82, 2.24) is 5.32 Å². The van der Waals surface area contributed by atoms with Gasteiger partial charge in [-0.2, -0.15) is 0 Å². The maximum Gasteiger partial charge on any atom is 0.229 e. The van der Waals surface area contributed by atoms with Gasteiger partial charge in [0.05, 0.1) is 22.1 Å². The number of anilines is 1. The molecule has 0 bridgehead atoms. The number of nitrogens with one attached hydrogen (secondary N) is 1. The molecule has 1 aromatic rings. The fraction of sp³-hybridized carbons (Fsp3) is 0.435. The van der Waals surface area contributed by atoms with Crippen molar-refractivity contribution in [1.29, 1.82) is 0 Å². The third-order valence-electron chi connectivity index (χ3n) is 4.92. The van der Waals surface area contributed by atoms with Gasteiger partial charge in [0.15, 0.2) is 0 Å². The van der Waals surface area contributed by atoms with Crippen LogP contribution in [0.4, 0.5) is 11.4 Å². The molecular weight excluding hydrogens is 386 g/mol. The van der Waals surface area contributed by atoms with E-state index < -0.39 is 11.2 Å². The number of carbonyl (C=O) groups excluding carboxylic acids is 2. The van der Waals surface area contributed by atoms with Crippen molar-refractivity contribution in [2.45, 2.75) is 48.5 Å². The van der Waals surface area contributed by atoms with Gasteiger partial charge < -0.3 is 10.2 Å². The molecule has 1 aromatic carbocycles. The molecular formula is C23H30ClN3O2. The Labute approximate surface area is 178 Å². The van der Waals surface area contributed by atoms with Gasteiger partial charge in [0.25, 0.3) is 0 Å². The molecule has 0 spiro atoms.